The zero-order valence-electron chi connectivity index (χ0n) is 22.3. The molecule has 0 spiro atoms. The Morgan fingerprint density at radius 1 is 0.900 bits per heavy atom. The van der Waals surface area contributed by atoms with Gasteiger partial charge < -0.3 is 43.2 Å². The van der Waals surface area contributed by atoms with Gasteiger partial charge in [0.25, 0.3) is 11.7 Å². The fraction of sp³-hybridized carbons (Fsp3) is 0.429. The average Bonchev–Trinajstić information content (AvgIpc) is 3.56. The molecule has 1 N–H and O–H groups in total. The number of ketones is 1. The largest absolute Gasteiger partial charge is 0.507 e. The van der Waals surface area contributed by atoms with Crippen molar-refractivity contribution in [3.8, 4) is 34.5 Å². The minimum Gasteiger partial charge on any atom is -0.507 e. The minimum absolute atomic E-state index is 0.0211. The number of fused-ring (bicyclic) bond motifs is 2. The number of amides is 1. The summed E-state index contributed by atoms with van der Waals surface area (Å²) in [6.07, 6.45) is 0. The Morgan fingerprint density at radius 3 is 2.40 bits per heavy atom. The number of methoxy groups -OCH3 is 2. The van der Waals surface area contributed by atoms with E-state index in [1.165, 1.54) is 19.1 Å². The molecule has 2 aromatic rings. The van der Waals surface area contributed by atoms with Gasteiger partial charge in [-0.15, -0.1) is 0 Å². The van der Waals surface area contributed by atoms with Gasteiger partial charge in [0, 0.05) is 37.3 Å². The Morgan fingerprint density at radius 2 is 1.65 bits per heavy atom. The van der Waals surface area contributed by atoms with Crippen LogP contribution >= 0.6 is 0 Å². The van der Waals surface area contributed by atoms with Crippen molar-refractivity contribution in [2.45, 2.75) is 6.04 Å². The van der Waals surface area contributed by atoms with E-state index in [1.807, 2.05) is 0 Å². The van der Waals surface area contributed by atoms with Crippen LogP contribution in [-0.2, 0) is 14.3 Å². The molecule has 0 radical (unpaired) electrons. The lowest BCUT2D eigenvalue weighted by molar-refractivity contribution is -0.140. The summed E-state index contributed by atoms with van der Waals surface area (Å²) < 4.78 is 39.3. The molecule has 2 saturated heterocycles. The number of rotatable bonds is 7. The summed E-state index contributed by atoms with van der Waals surface area (Å²) in [4.78, 5) is 30.8. The van der Waals surface area contributed by atoms with Gasteiger partial charge in [-0.1, -0.05) is 0 Å². The van der Waals surface area contributed by atoms with E-state index in [0.29, 0.717) is 80.2 Å². The quantitative estimate of drug-likeness (QED) is 0.307. The molecule has 12 heteroatoms. The molecule has 0 saturated carbocycles. The first kappa shape index (κ1) is 26.1. The lowest BCUT2D eigenvalue weighted by Crippen LogP contribution is -2.42. The Hall–Kier alpha value is -4.16. The summed E-state index contributed by atoms with van der Waals surface area (Å²) in [5.74, 6) is 0.379. The molecule has 0 bridgehead atoms. The summed E-state index contributed by atoms with van der Waals surface area (Å²) in [5.41, 5.74) is 0.652. The van der Waals surface area contributed by atoms with Crippen LogP contribution in [0.4, 0.5) is 0 Å². The predicted molar refractivity (Wildman–Crippen MR) is 139 cm³/mol. The van der Waals surface area contributed by atoms with E-state index in [1.54, 1.807) is 24.3 Å². The average molecular weight is 555 g/mol. The Labute approximate surface area is 230 Å². The second-order valence-electron chi connectivity index (χ2n) is 9.57. The van der Waals surface area contributed by atoms with Gasteiger partial charge in [-0.2, -0.15) is 0 Å². The Kier molecular flexibility index (Phi) is 7.03. The van der Waals surface area contributed by atoms with E-state index in [4.69, 9.17) is 33.2 Å². The van der Waals surface area contributed by atoms with Crippen LogP contribution in [-0.4, -0.2) is 100 Å². The van der Waals surface area contributed by atoms with Crippen molar-refractivity contribution in [1.29, 1.82) is 0 Å². The van der Waals surface area contributed by atoms with E-state index >= 15 is 0 Å². The smallest absolute Gasteiger partial charge is 0.295 e. The number of carbonyl (C=O) groups is 2. The highest BCUT2D eigenvalue weighted by molar-refractivity contribution is 6.46. The summed E-state index contributed by atoms with van der Waals surface area (Å²) in [6.45, 7) is 4.12. The molecule has 2 fully saturated rings. The van der Waals surface area contributed by atoms with Crippen molar-refractivity contribution >= 4 is 17.4 Å². The van der Waals surface area contributed by atoms with Gasteiger partial charge in [-0.3, -0.25) is 14.5 Å². The molecule has 6 rings (SSSR count). The van der Waals surface area contributed by atoms with Crippen LogP contribution < -0.4 is 28.4 Å². The molecular formula is C28H30N2O10. The zero-order chi connectivity index (χ0) is 27.8. The van der Waals surface area contributed by atoms with Crippen molar-refractivity contribution in [2.75, 3.05) is 73.6 Å². The van der Waals surface area contributed by atoms with Crippen molar-refractivity contribution in [1.82, 2.24) is 9.80 Å². The maximum atomic E-state index is 13.6. The minimum atomic E-state index is -0.993. The van der Waals surface area contributed by atoms with Gasteiger partial charge in [-0.05, 0) is 24.3 Å². The third-order valence-electron chi connectivity index (χ3n) is 7.42. The van der Waals surface area contributed by atoms with Crippen molar-refractivity contribution < 1.29 is 47.9 Å². The molecular weight excluding hydrogens is 524 g/mol. The summed E-state index contributed by atoms with van der Waals surface area (Å²) in [5, 5.41) is 11.6. The van der Waals surface area contributed by atoms with Crippen molar-refractivity contribution in [2.24, 2.45) is 0 Å². The third-order valence-corrected chi connectivity index (χ3v) is 7.42. The standard InChI is InChI=1S/C28H30N2O10/c1-34-25-17(14-20-26(27(25)35-2)40-15-39-20)22-21(23(31)16-3-4-18-19(13-16)38-12-11-37-18)24(32)28(33)30(22)6-5-29-7-9-36-10-8-29/h3-4,13-14,22,31H,5-12,15H2,1-2H3/t22-/m0/s1. The highest BCUT2D eigenvalue weighted by Crippen LogP contribution is 2.54. The van der Waals surface area contributed by atoms with Crippen molar-refractivity contribution in [3.63, 3.8) is 0 Å². The van der Waals surface area contributed by atoms with Crippen LogP contribution in [0.3, 0.4) is 0 Å². The second kappa shape index (κ2) is 10.8. The summed E-state index contributed by atoms with van der Waals surface area (Å²) >= 11 is 0. The zero-order valence-corrected chi connectivity index (χ0v) is 22.3. The topological polar surface area (TPSA) is 125 Å². The predicted octanol–water partition coefficient (Wildman–Crippen LogP) is 1.96. The molecule has 4 aliphatic rings. The Balaban J connectivity index is 1.49. The molecule has 4 heterocycles. The molecule has 0 aromatic heterocycles. The number of Topliss-reactive ketones (excluding diaryl/α,β-unsaturated/α-hetero) is 1. The van der Waals surface area contributed by atoms with Crippen LogP contribution in [0.15, 0.2) is 29.8 Å². The maximum Gasteiger partial charge on any atom is 0.295 e. The highest BCUT2D eigenvalue weighted by Gasteiger charge is 2.48. The molecule has 40 heavy (non-hydrogen) atoms. The first-order valence-corrected chi connectivity index (χ1v) is 13.0. The first-order valence-electron chi connectivity index (χ1n) is 13.0. The van der Waals surface area contributed by atoms with Gasteiger partial charge in [0.1, 0.15) is 19.0 Å². The number of carbonyl (C=O) groups excluding carboxylic acids is 2. The monoisotopic (exact) mass is 554 g/mol. The summed E-state index contributed by atoms with van der Waals surface area (Å²) in [6, 6.07) is 5.56. The fourth-order valence-corrected chi connectivity index (χ4v) is 5.47. The van der Waals surface area contributed by atoms with Gasteiger partial charge in [0.15, 0.2) is 23.0 Å². The van der Waals surface area contributed by atoms with Gasteiger partial charge in [-0.25, -0.2) is 0 Å². The number of aliphatic hydroxyl groups is 1. The number of benzene rings is 2. The molecule has 212 valence electrons. The lowest BCUT2D eigenvalue weighted by Gasteiger charge is -2.31. The summed E-state index contributed by atoms with van der Waals surface area (Å²) in [7, 11) is 2.93. The molecule has 2 aromatic carbocycles. The number of morpholine rings is 1. The number of aliphatic hydroxyl groups excluding tert-OH is 1. The first-order chi connectivity index (χ1) is 19.5. The number of ether oxygens (including phenoxy) is 7. The van der Waals surface area contributed by atoms with Crippen LogP contribution in [0.2, 0.25) is 0 Å². The van der Waals surface area contributed by atoms with Crippen LogP contribution in [0.1, 0.15) is 17.2 Å². The lowest BCUT2D eigenvalue weighted by atomic mass is 9.93. The fourth-order valence-electron chi connectivity index (χ4n) is 5.47. The molecule has 4 aliphatic heterocycles. The van der Waals surface area contributed by atoms with Crippen LogP contribution in [0.25, 0.3) is 5.76 Å². The Bertz CT molecular complexity index is 1370. The maximum absolute atomic E-state index is 13.6. The van der Waals surface area contributed by atoms with E-state index in [9.17, 15) is 14.7 Å². The van der Waals surface area contributed by atoms with Gasteiger partial charge in [0.2, 0.25) is 18.3 Å². The SMILES string of the molecule is COc1c([C@H]2C(=C(O)c3ccc4c(c3)OCCO4)C(=O)C(=O)N2CCN2CCOCC2)cc2c(c1OC)OCO2. The van der Waals surface area contributed by atoms with E-state index in [2.05, 4.69) is 4.90 Å². The molecule has 0 aliphatic carbocycles. The van der Waals surface area contributed by atoms with Gasteiger partial charge >= 0.3 is 0 Å². The molecule has 1 amide bonds. The number of nitrogens with zero attached hydrogens (tertiary/aromatic N) is 2. The van der Waals surface area contributed by atoms with Crippen LogP contribution in [0.5, 0.6) is 34.5 Å². The van der Waals surface area contributed by atoms with E-state index in [0.717, 1.165) is 0 Å². The van der Waals surface area contributed by atoms with E-state index in [-0.39, 0.29) is 36.2 Å². The highest BCUT2D eigenvalue weighted by atomic mass is 16.7. The molecule has 1 atom stereocenters. The number of hydrogen-bond donors (Lipinski definition) is 1. The van der Waals surface area contributed by atoms with E-state index < -0.39 is 17.7 Å². The molecule has 12 nitrogen and oxygen atoms in total. The van der Waals surface area contributed by atoms with Crippen molar-refractivity contribution in [3.05, 3.63) is 41.0 Å². The normalized spacial score (nSPS) is 21.6. The third kappa shape index (κ3) is 4.42. The molecule has 0 unspecified atom stereocenters. The second-order valence-corrected chi connectivity index (χ2v) is 9.57. The van der Waals surface area contributed by atoms with Crippen LogP contribution in [0, 0.1) is 0 Å². The number of hydrogen-bond acceptors (Lipinski definition) is 11. The van der Waals surface area contributed by atoms with Gasteiger partial charge in [0.05, 0.1) is 39.0 Å². The number of likely N-dealkylation sites (tertiary alicyclic amines) is 1.